The molecule has 6 atom stereocenters. The lowest BCUT2D eigenvalue weighted by Gasteiger charge is -2.40. The Morgan fingerprint density at radius 1 is 0.430 bits per heavy atom. The molecule has 12 nitrogen and oxygen atoms in total. The first kappa shape index (κ1) is 73.7. The number of esters is 3. The van der Waals surface area contributed by atoms with Crippen molar-refractivity contribution in [3.8, 4) is 0 Å². The molecule has 0 aromatic rings. The van der Waals surface area contributed by atoms with Crippen molar-refractivity contribution in [3.05, 3.63) is 48.6 Å². The fraction of sp³-hybridized carbons (Fsp3) is 0.821. The van der Waals surface area contributed by atoms with Crippen LogP contribution in [0.1, 0.15) is 303 Å². The number of aliphatic hydroxyl groups is 2. The Morgan fingerprint density at radius 2 is 0.797 bits per heavy atom. The number of hydrogen-bond acceptors (Lipinski definition) is 11. The van der Waals surface area contributed by atoms with E-state index in [2.05, 4.69) is 69.4 Å². The SMILES string of the molecule is CC/C=C\C/C=C\C/C=C\C/C=C\CCCCCCCCC(=O)OCC(COC1OC(C(=O)O)C(O)C(O)C1OC(=O)CCCCCCCCCCCCCCCCC)OC(=O)CCCCCCCCCCCCCCCCC. The second kappa shape index (κ2) is 55.2. The van der Waals surface area contributed by atoms with Crippen LogP contribution in [0, 0.1) is 0 Å². The summed E-state index contributed by atoms with van der Waals surface area (Å²) in [4.78, 5) is 51.3. The Bertz CT molecular complexity index is 1560. The molecule has 1 aliphatic heterocycles. The second-order valence-corrected chi connectivity index (χ2v) is 22.4. The van der Waals surface area contributed by atoms with Gasteiger partial charge in [0.05, 0.1) is 6.61 Å². The van der Waals surface area contributed by atoms with E-state index >= 15 is 0 Å². The Kier molecular flexibility index (Phi) is 51.5. The first-order valence-corrected chi connectivity index (χ1v) is 32.6. The lowest BCUT2D eigenvalue weighted by Crippen LogP contribution is -2.61. The molecule has 1 heterocycles. The molecule has 1 fully saturated rings. The van der Waals surface area contributed by atoms with Gasteiger partial charge in [0.1, 0.15) is 18.8 Å². The van der Waals surface area contributed by atoms with Crippen molar-refractivity contribution >= 4 is 23.9 Å². The van der Waals surface area contributed by atoms with Gasteiger partial charge in [-0.15, -0.1) is 0 Å². The van der Waals surface area contributed by atoms with Crippen molar-refractivity contribution in [2.45, 2.75) is 340 Å². The van der Waals surface area contributed by atoms with Crippen LogP contribution in [0.15, 0.2) is 48.6 Å². The quantitative estimate of drug-likeness (QED) is 0.0228. The third-order valence-corrected chi connectivity index (χ3v) is 14.9. The van der Waals surface area contributed by atoms with Crippen LogP contribution in [0.5, 0.6) is 0 Å². The highest BCUT2D eigenvalue weighted by Gasteiger charge is 2.50. The molecule has 1 saturated heterocycles. The number of allylic oxidation sites excluding steroid dienone is 8. The molecule has 0 aromatic heterocycles. The third-order valence-electron chi connectivity index (χ3n) is 14.9. The Balaban J connectivity index is 2.65. The van der Waals surface area contributed by atoms with Crippen molar-refractivity contribution in [2.24, 2.45) is 0 Å². The average Bonchev–Trinajstić information content (AvgIpc) is 3.46. The largest absolute Gasteiger partial charge is 0.479 e. The molecule has 12 heteroatoms. The lowest BCUT2D eigenvalue weighted by atomic mass is 9.98. The highest BCUT2D eigenvalue weighted by atomic mass is 16.7. The van der Waals surface area contributed by atoms with E-state index < -0.39 is 67.3 Å². The minimum atomic E-state index is -1.90. The first-order chi connectivity index (χ1) is 38.6. The fourth-order valence-corrected chi connectivity index (χ4v) is 9.95. The Labute approximate surface area is 482 Å². The maximum Gasteiger partial charge on any atom is 0.335 e. The van der Waals surface area contributed by atoms with Crippen LogP contribution >= 0.6 is 0 Å². The fourth-order valence-electron chi connectivity index (χ4n) is 9.95. The van der Waals surface area contributed by atoms with E-state index in [1.807, 2.05) is 0 Å². The van der Waals surface area contributed by atoms with Gasteiger partial charge in [-0.2, -0.15) is 0 Å². The van der Waals surface area contributed by atoms with E-state index in [0.29, 0.717) is 19.3 Å². The van der Waals surface area contributed by atoms with E-state index in [9.17, 15) is 34.5 Å². The smallest absolute Gasteiger partial charge is 0.335 e. The molecule has 0 aromatic carbocycles. The maximum atomic E-state index is 13.2. The number of unbranched alkanes of at least 4 members (excludes halogenated alkanes) is 34. The number of aliphatic hydroxyl groups excluding tert-OH is 2. The van der Waals surface area contributed by atoms with Gasteiger partial charge in [0, 0.05) is 19.3 Å². The van der Waals surface area contributed by atoms with E-state index in [4.69, 9.17) is 23.7 Å². The predicted octanol–water partition coefficient (Wildman–Crippen LogP) is 17.3. The molecule has 0 saturated carbocycles. The number of carboxylic acid groups (broad SMARTS) is 1. The van der Waals surface area contributed by atoms with Gasteiger partial charge >= 0.3 is 23.9 Å². The standard InChI is InChI=1S/C67H118O12/c1-4-7-10-13-16-19-22-25-28-29-30-31-34-35-38-41-44-47-50-53-59(68)75-56-58(77-60(69)54-51-48-45-42-39-36-32-26-23-20-17-14-11-8-5-2)57-76-67-65(63(72)62(71)64(79-67)66(73)74)78-61(70)55-52-49-46-43-40-37-33-27-24-21-18-15-12-9-6-3/h7,10,16,19,25,28,30-31,58,62-65,67,71-72H,4-6,8-9,11-15,17-18,20-24,26-27,29,32-57H2,1-3H3,(H,73,74)/b10-7-,19-16-,28-25-,31-30-. The maximum absolute atomic E-state index is 13.2. The molecular formula is C67H118O12. The molecule has 0 radical (unpaired) electrons. The number of hydrogen-bond donors (Lipinski definition) is 3. The van der Waals surface area contributed by atoms with Crippen molar-refractivity contribution in [3.63, 3.8) is 0 Å². The Morgan fingerprint density at radius 3 is 1.22 bits per heavy atom. The highest BCUT2D eigenvalue weighted by molar-refractivity contribution is 5.74. The number of carbonyl (C=O) groups is 4. The summed E-state index contributed by atoms with van der Waals surface area (Å²) >= 11 is 0. The van der Waals surface area contributed by atoms with Gasteiger partial charge in [0.15, 0.2) is 24.6 Å². The molecule has 79 heavy (non-hydrogen) atoms. The molecule has 0 bridgehead atoms. The van der Waals surface area contributed by atoms with E-state index in [-0.39, 0.29) is 25.9 Å². The van der Waals surface area contributed by atoms with Crippen molar-refractivity contribution in [1.82, 2.24) is 0 Å². The van der Waals surface area contributed by atoms with Crippen LogP contribution < -0.4 is 0 Å². The second-order valence-electron chi connectivity index (χ2n) is 22.4. The minimum Gasteiger partial charge on any atom is -0.479 e. The van der Waals surface area contributed by atoms with Gasteiger partial charge in [0.25, 0.3) is 0 Å². The van der Waals surface area contributed by atoms with E-state index in [1.54, 1.807) is 0 Å². The minimum absolute atomic E-state index is 0.0643. The summed E-state index contributed by atoms with van der Waals surface area (Å²) < 4.78 is 28.5. The number of aliphatic carboxylic acids is 1. The zero-order valence-corrected chi connectivity index (χ0v) is 50.6. The predicted molar refractivity (Wildman–Crippen MR) is 322 cm³/mol. The van der Waals surface area contributed by atoms with Gasteiger partial charge in [-0.25, -0.2) is 4.79 Å². The van der Waals surface area contributed by atoms with Crippen molar-refractivity contribution < 1.29 is 58.2 Å². The Hall–Kier alpha value is -3.32. The van der Waals surface area contributed by atoms with Crippen LogP contribution in [0.3, 0.4) is 0 Å². The average molecular weight is 1120 g/mol. The number of carboxylic acids is 1. The topological polar surface area (TPSA) is 175 Å². The summed E-state index contributed by atoms with van der Waals surface area (Å²) in [5.41, 5.74) is 0. The normalized spacial score (nSPS) is 18.1. The van der Waals surface area contributed by atoms with Gasteiger partial charge in [-0.05, 0) is 57.8 Å². The first-order valence-electron chi connectivity index (χ1n) is 32.6. The zero-order chi connectivity index (χ0) is 57.5. The van der Waals surface area contributed by atoms with Gasteiger partial charge in [0.2, 0.25) is 0 Å². The van der Waals surface area contributed by atoms with Crippen LogP contribution in [0.4, 0.5) is 0 Å². The molecular weight excluding hydrogens is 997 g/mol. The zero-order valence-electron chi connectivity index (χ0n) is 50.6. The van der Waals surface area contributed by atoms with Crippen molar-refractivity contribution in [2.75, 3.05) is 13.2 Å². The lowest BCUT2D eigenvalue weighted by molar-refractivity contribution is -0.301. The summed E-state index contributed by atoms with van der Waals surface area (Å²) in [7, 11) is 0. The van der Waals surface area contributed by atoms with Crippen LogP contribution in [0.25, 0.3) is 0 Å². The molecule has 3 N–H and O–H groups in total. The molecule has 0 aliphatic carbocycles. The van der Waals surface area contributed by atoms with Gasteiger partial charge in [-0.3, -0.25) is 14.4 Å². The molecule has 458 valence electrons. The highest BCUT2D eigenvalue weighted by Crippen LogP contribution is 2.27. The van der Waals surface area contributed by atoms with Crippen LogP contribution in [-0.4, -0.2) is 89.2 Å². The molecule has 0 spiro atoms. The van der Waals surface area contributed by atoms with Gasteiger partial charge in [-0.1, -0.05) is 275 Å². The van der Waals surface area contributed by atoms with Crippen LogP contribution in [-0.2, 0) is 42.9 Å². The summed E-state index contributed by atoms with van der Waals surface area (Å²) in [6.07, 6.45) is 54.9. The number of carbonyl (C=O) groups excluding carboxylic acids is 3. The van der Waals surface area contributed by atoms with Crippen LogP contribution in [0.2, 0.25) is 0 Å². The van der Waals surface area contributed by atoms with E-state index in [0.717, 1.165) is 109 Å². The summed E-state index contributed by atoms with van der Waals surface area (Å²) in [6, 6.07) is 0. The number of rotatable bonds is 56. The summed E-state index contributed by atoms with van der Waals surface area (Å²) in [6.45, 7) is 5.92. The molecule has 6 unspecified atom stereocenters. The summed E-state index contributed by atoms with van der Waals surface area (Å²) in [5.74, 6) is -3.10. The molecule has 1 rings (SSSR count). The van der Waals surface area contributed by atoms with Crippen molar-refractivity contribution in [1.29, 1.82) is 0 Å². The molecule has 0 amide bonds. The van der Waals surface area contributed by atoms with E-state index in [1.165, 1.54) is 135 Å². The third kappa shape index (κ3) is 45.0. The number of ether oxygens (including phenoxy) is 5. The summed E-state index contributed by atoms with van der Waals surface area (Å²) in [5, 5.41) is 31.6. The monoisotopic (exact) mass is 1110 g/mol. The van der Waals surface area contributed by atoms with Gasteiger partial charge < -0.3 is 39.0 Å². The molecule has 1 aliphatic rings.